The molecule has 3 N–H and O–H groups in total. The van der Waals surface area contributed by atoms with Crippen molar-refractivity contribution in [1.29, 1.82) is 0 Å². The van der Waals surface area contributed by atoms with Crippen molar-refractivity contribution in [3.63, 3.8) is 0 Å². The molecule has 0 aliphatic carbocycles. The number of rotatable bonds is 4. The largest absolute Gasteiger partial charge is 0.494 e. The van der Waals surface area contributed by atoms with E-state index in [0.717, 1.165) is 12.1 Å². The maximum absolute atomic E-state index is 12.9. The first kappa shape index (κ1) is 13.8. The standard InChI is InChI=1S/C11H13FN2O4/c1-6(10(15)16)13-11(17)14-8-4-3-7(12)5-9(8)18-2/h3-6H,1-2H3,(H,15,16)(H2,13,14,17). The highest BCUT2D eigenvalue weighted by atomic mass is 19.1. The summed E-state index contributed by atoms with van der Waals surface area (Å²) in [7, 11) is 1.33. The minimum atomic E-state index is -1.16. The van der Waals surface area contributed by atoms with Gasteiger partial charge in [0.25, 0.3) is 0 Å². The highest BCUT2D eigenvalue weighted by Gasteiger charge is 2.15. The van der Waals surface area contributed by atoms with E-state index in [4.69, 9.17) is 9.84 Å². The van der Waals surface area contributed by atoms with Crippen molar-refractivity contribution in [2.24, 2.45) is 0 Å². The molecule has 0 aliphatic heterocycles. The SMILES string of the molecule is COc1cc(F)ccc1NC(=O)NC(C)C(=O)O. The summed E-state index contributed by atoms with van der Waals surface area (Å²) >= 11 is 0. The summed E-state index contributed by atoms with van der Waals surface area (Å²) in [6, 6.07) is 1.83. The van der Waals surface area contributed by atoms with Gasteiger partial charge in [-0.1, -0.05) is 0 Å². The molecule has 0 fully saturated rings. The second kappa shape index (κ2) is 5.85. The Bertz CT molecular complexity index is 464. The van der Waals surface area contributed by atoms with E-state index >= 15 is 0 Å². The van der Waals surface area contributed by atoms with Crippen molar-refractivity contribution < 1.29 is 23.8 Å². The Morgan fingerprint density at radius 1 is 1.44 bits per heavy atom. The zero-order valence-electron chi connectivity index (χ0n) is 9.86. The lowest BCUT2D eigenvalue weighted by molar-refractivity contribution is -0.138. The lowest BCUT2D eigenvalue weighted by Gasteiger charge is -2.13. The number of aliphatic carboxylic acids is 1. The summed E-state index contributed by atoms with van der Waals surface area (Å²) in [6.07, 6.45) is 0. The van der Waals surface area contributed by atoms with E-state index in [1.54, 1.807) is 0 Å². The molecule has 1 rings (SSSR count). The fourth-order valence-electron chi connectivity index (χ4n) is 1.19. The maximum Gasteiger partial charge on any atom is 0.325 e. The summed E-state index contributed by atoms with van der Waals surface area (Å²) in [4.78, 5) is 22.0. The van der Waals surface area contributed by atoms with Gasteiger partial charge in [-0.15, -0.1) is 0 Å². The van der Waals surface area contributed by atoms with Gasteiger partial charge in [0.15, 0.2) is 0 Å². The van der Waals surface area contributed by atoms with Crippen LogP contribution in [0, 0.1) is 5.82 Å². The lowest BCUT2D eigenvalue weighted by Crippen LogP contribution is -2.40. The first-order chi connectivity index (χ1) is 8.43. The van der Waals surface area contributed by atoms with E-state index in [-0.39, 0.29) is 11.4 Å². The number of hydrogen-bond donors (Lipinski definition) is 3. The minimum absolute atomic E-state index is 0.146. The molecular weight excluding hydrogens is 243 g/mol. The second-order valence-electron chi connectivity index (χ2n) is 3.50. The van der Waals surface area contributed by atoms with E-state index in [2.05, 4.69) is 10.6 Å². The summed E-state index contributed by atoms with van der Waals surface area (Å²) in [5, 5.41) is 13.2. The van der Waals surface area contributed by atoms with E-state index < -0.39 is 23.9 Å². The Labute approximate surface area is 103 Å². The van der Waals surface area contributed by atoms with Crippen LogP contribution >= 0.6 is 0 Å². The molecule has 1 aromatic carbocycles. The van der Waals surface area contributed by atoms with Crippen LogP contribution in [-0.2, 0) is 4.79 Å². The van der Waals surface area contributed by atoms with Gasteiger partial charge in [-0.2, -0.15) is 0 Å². The van der Waals surface area contributed by atoms with Crippen molar-refractivity contribution >= 4 is 17.7 Å². The van der Waals surface area contributed by atoms with Gasteiger partial charge in [0.05, 0.1) is 12.8 Å². The van der Waals surface area contributed by atoms with Gasteiger partial charge >= 0.3 is 12.0 Å². The number of carbonyl (C=O) groups is 2. The Morgan fingerprint density at radius 3 is 2.67 bits per heavy atom. The molecule has 7 heteroatoms. The van der Waals surface area contributed by atoms with Gasteiger partial charge < -0.3 is 20.5 Å². The number of ether oxygens (including phenoxy) is 1. The third kappa shape index (κ3) is 3.62. The maximum atomic E-state index is 12.9. The number of hydrogen-bond acceptors (Lipinski definition) is 3. The number of nitrogens with one attached hydrogen (secondary N) is 2. The van der Waals surface area contributed by atoms with Crippen molar-refractivity contribution in [3.05, 3.63) is 24.0 Å². The number of carboxylic acid groups (broad SMARTS) is 1. The molecule has 18 heavy (non-hydrogen) atoms. The van der Waals surface area contributed by atoms with Crippen molar-refractivity contribution in [1.82, 2.24) is 5.32 Å². The van der Waals surface area contributed by atoms with Crippen LogP contribution in [0.25, 0.3) is 0 Å². The molecule has 0 radical (unpaired) electrons. The molecule has 98 valence electrons. The molecule has 0 heterocycles. The topological polar surface area (TPSA) is 87.7 Å². The Hall–Kier alpha value is -2.31. The van der Waals surface area contributed by atoms with Crippen LogP contribution in [-0.4, -0.2) is 30.3 Å². The molecule has 1 unspecified atom stereocenters. The van der Waals surface area contributed by atoms with Gasteiger partial charge in [-0.3, -0.25) is 4.79 Å². The third-order valence-electron chi connectivity index (χ3n) is 2.13. The van der Waals surface area contributed by atoms with E-state index in [0.29, 0.717) is 0 Å². The van der Waals surface area contributed by atoms with Gasteiger partial charge in [0.1, 0.15) is 17.6 Å². The molecule has 1 aromatic rings. The average Bonchev–Trinajstić information content (AvgIpc) is 2.31. The van der Waals surface area contributed by atoms with E-state index in [1.807, 2.05) is 0 Å². The fraction of sp³-hybridized carbons (Fsp3) is 0.273. The molecule has 0 saturated heterocycles. The van der Waals surface area contributed by atoms with Gasteiger partial charge in [0.2, 0.25) is 0 Å². The number of urea groups is 1. The van der Waals surface area contributed by atoms with Crippen molar-refractivity contribution in [2.75, 3.05) is 12.4 Å². The number of carbonyl (C=O) groups excluding carboxylic acids is 1. The number of amides is 2. The molecule has 6 nitrogen and oxygen atoms in total. The number of halogens is 1. The molecule has 0 saturated carbocycles. The fourth-order valence-corrected chi connectivity index (χ4v) is 1.19. The molecule has 0 spiro atoms. The molecular formula is C11H13FN2O4. The van der Waals surface area contributed by atoms with Crippen LogP contribution in [0.3, 0.4) is 0 Å². The molecule has 0 aliphatic rings. The Kier molecular flexibility index (Phi) is 4.47. The third-order valence-corrected chi connectivity index (χ3v) is 2.13. The first-order valence-corrected chi connectivity index (χ1v) is 5.08. The lowest BCUT2D eigenvalue weighted by atomic mass is 10.3. The van der Waals surface area contributed by atoms with Crippen LogP contribution in [0.1, 0.15) is 6.92 Å². The zero-order valence-corrected chi connectivity index (χ0v) is 9.86. The number of carboxylic acids is 1. The van der Waals surface area contributed by atoms with Crippen LogP contribution in [0.15, 0.2) is 18.2 Å². The molecule has 1 atom stereocenters. The molecule has 0 bridgehead atoms. The van der Waals surface area contributed by atoms with Crippen molar-refractivity contribution in [2.45, 2.75) is 13.0 Å². The first-order valence-electron chi connectivity index (χ1n) is 5.08. The molecule has 2 amide bonds. The number of methoxy groups -OCH3 is 1. The smallest absolute Gasteiger partial charge is 0.325 e. The normalized spacial score (nSPS) is 11.5. The summed E-state index contributed by atoms with van der Waals surface area (Å²) < 4.78 is 17.8. The quantitative estimate of drug-likeness (QED) is 0.760. The van der Waals surface area contributed by atoms with Gasteiger partial charge in [-0.25, -0.2) is 9.18 Å². The predicted octanol–water partition coefficient (Wildman–Crippen LogP) is 1.43. The van der Waals surface area contributed by atoms with Crippen LogP contribution in [0.2, 0.25) is 0 Å². The highest BCUT2D eigenvalue weighted by Crippen LogP contribution is 2.24. The summed E-state index contributed by atoms with van der Waals surface area (Å²) in [5.41, 5.74) is 0.244. The zero-order chi connectivity index (χ0) is 13.7. The van der Waals surface area contributed by atoms with E-state index in [9.17, 15) is 14.0 Å². The van der Waals surface area contributed by atoms with E-state index in [1.165, 1.54) is 20.1 Å². The predicted molar refractivity (Wildman–Crippen MR) is 62.2 cm³/mol. The summed E-state index contributed by atoms with van der Waals surface area (Å²) in [6.45, 7) is 1.32. The number of anilines is 1. The van der Waals surface area contributed by atoms with Crippen LogP contribution in [0.4, 0.5) is 14.9 Å². The monoisotopic (exact) mass is 256 g/mol. The second-order valence-corrected chi connectivity index (χ2v) is 3.50. The Morgan fingerprint density at radius 2 is 2.11 bits per heavy atom. The van der Waals surface area contributed by atoms with Crippen LogP contribution in [0.5, 0.6) is 5.75 Å². The summed E-state index contributed by atoms with van der Waals surface area (Å²) in [5.74, 6) is -1.51. The van der Waals surface area contributed by atoms with Crippen LogP contribution < -0.4 is 15.4 Å². The van der Waals surface area contributed by atoms with Gasteiger partial charge in [-0.05, 0) is 19.1 Å². The average molecular weight is 256 g/mol. The van der Waals surface area contributed by atoms with Gasteiger partial charge in [0, 0.05) is 6.07 Å². The minimum Gasteiger partial charge on any atom is -0.494 e. The highest BCUT2D eigenvalue weighted by molar-refractivity contribution is 5.93. The Balaban J connectivity index is 2.73. The molecule has 0 aromatic heterocycles. The van der Waals surface area contributed by atoms with Crippen molar-refractivity contribution in [3.8, 4) is 5.75 Å². The number of benzene rings is 1.